The smallest absolute Gasteiger partial charge is 0.274 e. The van der Waals surface area contributed by atoms with Crippen molar-refractivity contribution in [1.82, 2.24) is 19.4 Å². The number of halogens is 1. The molecule has 0 atom stereocenters. The molecular weight excluding hydrogens is 430 g/mol. The first-order valence-corrected chi connectivity index (χ1v) is 10.6. The Morgan fingerprint density at radius 2 is 2.16 bits per heavy atom. The molecule has 0 aliphatic carbocycles. The molecule has 0 saturated heterocycles. The van der Waals surface area contributed by atoms with Crippen LogP contribution in [0, 0.1) is 0 Å². The molecule has 9 nitrogen and oxygen atoms in total. The van der Waals surface area contributed by atoms with Crippen molar-refractivity contribution in [2.24, 2.45) is 9.98 Å². The third-order valence-electron chi connectivity index (χ3n) is 4.66. The number of unbranched alkanes of at least 4 members (excludes halogenated alkanes) is 1. The molecule has 2 aromatic rings. The van der Waals surface area contributed by atoms with Gasteiger partial charge in [0.2, 0.25) is 11.7 Å². The second-order valence-electron chi connectivity index (χ2n) is 7.03. The number of amides is 2. The zero-order chi connectivity index (χ0) is 23.5. The van der Waals surface area contributed by atoms with Gasteiger partial charge in [0, 0.05) is 39.1 Å². The molecule has 0 aliphatic rings. The Hall–Kier alpha value is -3.33. The van der Waals surface area contributed by atoms with E-state index in [0.29, 0.717) is 25.3 Å². The second kappa shape index (κ2) is 12.5. The minimum Gasteiger partial charge on any atom is -0.340 e. The number of aromatic nitrogens is 3. The van der Waals surface area contributed by atoms with E-state index >= 15 is 0 Å². The van der Waals surface area contributed by atoms with Crippen molar-refractivity contribution in [2.75, 3.05) is 26.0 Å². The fourth-order valence-electron chi connectivity index (χ4n) is 3.06. The summed E-state index contributed by atoms with van der Waals surface area (Å²) in [5.41, 5.74) is 1.90. The van der Waals surface area contributed by atoms with Gasteiger partial charge >= 0.3 is 0 Å². The van der Waals surface area contributed by atoms with Crippen molar-refractivity contribution < 1.29 is 9.59 Å². The van der Waals surface area contributed by atoms with E-state index in [2.05, 4.69) is 31.8 Å². The lowest BCUT2D eigenvalue weighted by Gasteiger charge is -2.18. The Kier molecular flexibility index (Phi) is 9.75. The van der Waals surface area contributed by atoms with Crippen molar-refractivity contribution in [3.05, 3.63) is 53.7 Å². The molecule has 0 aliphatic heterocycles. The molecule has 2 amide bonds. The lowest BCUT2D eigenvalue weighted by atomic mass is 10.1. The topological polar surface area (TPSA) is 105 Å². The van der Waals surface area contributed by atoms with E-state index in [9.17, 15) is 9.59 Å². The monoisotopic (exact) mass is 457 g/mol. The Morgan fingerprint density at radius 1 is 1.38 bits per heavy atom. The first-order chi connectivity index (χ1) is 15.4. The molecule has 170 valence electrons. The average Bonchev–Trinajstić information content (AvgIpc) is 3.10. The number of hydrogen-bond donors (Lipinski definition) is 1. The van der Waals surface area contributed by atoms with Crippen molar-refractivity contribution >= 4 is 41.3 Å². The van der Waals surface area contributed by atoms with Crippen LogP contribution in [0.15, 0.2) is 47.0 Å². The highest BCUT2D eigenvalue weighted by atomic mass is 35.5. The van der Waals surface area contributed by atoms with Crippen molar-refractivity contribution in [2.45, 2.75) is 32.7 Å². The Bertz CT molecular complexity index is 999. The fraction of sp³-hybridized carbons (Fsp3) is 0.364. The highest BCUT2D eigenvalue weighted by Gasteiger charge is 2.24. The van der Waals surface area contributed by atoms with Crippen molar-refractivity contribution in [1.29, 1.82) is 0 Å². The molecule has 2 heterocycles. The summed E-state index contributed by atoms with van der Waals surface area (Å²) in [4.78, 5) is 42.6. The van der Waals surface area contributed by atoms with Gasteiger partial charge < -0.3 is 14.8 Å². The van der Waals surface area contributed by atoms with Gasteiger partial charge in [0.05, 0.1) is 0 Å². The summed E-state index contributed by atoms with van der Waals surface area (Å²) >= 11 is 6.12. The number of nitrogens with zero attached hydrogens (tertiary/aromatic N) is 6. The predicted molar refractivity (Wildman–Crippen MR) is 128 cm³/mol. The normalized spacial score (nSPS) is 11.9. The van der Waals surface area contributed by atoms with Crippen molar-refractivity contribution in [3.8, 4) is 0 Å². The average molecular weight is 458 g/mol. The number of carbonyl (C=O) groups is 2. The van der Waals surface area contributed by atoms with Crippen LogP contribution in [0.1, 0.15) is 42.4 Å². The molecule has 0 bridgehead atoms. The Morgan fingerprint density at radius 3 is 2.78 bits per heavy atom. The largest absolute Gasteiger partial charge is 0.340 e. The summed E-state index contributed by atoms with van der Waals surface area (Å²) in [6.45, 7) is 6.46. The van der Waals surface area contributed by atoms with Crippen molar-refractivity contribution in [3.63, 3.8) is 0 Å². The maximum Gasteiger partial charge on any atom is 0.274 e. The number of hydrogen-bond acceptors (Lipinski definition) is 5. The summed E-state index contributed by atoms with van der Waals surface area (Å²) in [6, 6.07) is 5.62. The molecule has 0 spiro atoms. The van der Waals surface area contributed by atoms with Gasteiger partial charge in [-0.15, -0.1) is 6.58 Å². The first-order valence-electron chi connectivity index (χ1n) is 10.2. The van der Waals surface area contributed by atoms with E-state index in [1.807, 2.05) is 25.1 Å². The standard InChI is InChI=1S/C22H28ClN7O2/c1-5-13-30-18(20(26-15-31)28-22(30)23)21(32)29(4)14-9-7-10-16(2)27-19(24-3)17-11-6-8-12-25-17/h5-6,8,11-12,15H,1,7,9-10,13-14H2,2-4H3,(H,26,31). The van der Waals surface area contributed by atoms with Gasteiger partial charge in [-0.2, -0.15) is 4.98 Å². The molecule has 2 aromatic heterocycles. The summed E-state index contributed by atoms with van der Waals surface area (Å²) in [5.74, 6) is 0.446. The third-order valence-corrected chi connectivity index (χ3v) is 4.95. The van der Waals surface area contributed by atoms with Gasteiger partial charge in [-0.1, -0.05) is 12.1 Å². The van der Waals surface area contributed by atoms with Crippen LogP contribution in [0.4, 0.5) is 5.82 Å². The molecule has 0 unspecified atom stereocenters. The van der Waals surface area contributed by atoms with Crippen LogP contribution < -0.4 is 5.32 Å². The molecule has 0 aromatic carbocycles. The minimum atomic E-state index is -0.281. The lowest BCUT2D eigenvalue weighted by Crippen LogP contribution is -2.30. The summed E-state index contributed by atoms with van der Waals surface area (Å²) < 4.78 is 1.51. The number of aliphatic imine (C=N–C) groups is 2. The summed E-state index contributed by atoms with van der Waals surface area (Å²) in [5, 5.41) is 2.55. The van der Waals surface area contributed by atoms with Crippen LogP contribution in [-0.2, 0) is 11.3 Å². The zero-order valence-corrected chi connectivity index (χ0v) is 19.3. The minimum absolute atomic E-state index is 0.110. The van der Waals surface area contributed by atoms with E-state index in [-0.39, 0.29) is 22.7 Å². The number of carbonyl (C=O) groups excluding carboxylic acids is 2. The van der Waals surface area contributed by atoms with E-state index in [4.69, 9.17) is 11.6 Å². The number of anilines is 1. The van der Waals surface area contributed by atoms with Gasteiger partial charge in [-0.05, 0) is 49.9 Å². The highest BCUT2D eigenvalue weighted by molar-refractivity contribution is 6.29. The molecule has 2 rings (SSSR count). The quantitative estimate of drug-likeness (QED) is 0.183. The predicted octanol–water partition coefficient (Wildman–Crippen LogP) is 3.47. The zero-order valence-electron chi connectivity index (χ0n) is 18.6. The number of nitrogens with one attached hydrogen (secondary N) is 1. The van der Waals surface area contributed by atoms with Gasteiger partial charge in [0.15, 0.2) is 17.3 Å². The molecule has 0 saturated carbocycles. The van der Waals surface area contributed by atoms with Crippen LogP contribution in [0.25, 0.3) is 0 Å². The molecule has 10 heteroatoms. The number of amidine groups is 1. The fourth-order valence-corrected chi connectivity index (χ4v) is 3.30. The second-order valence-corrected chi connectivity index (χ2v) is 7.37. The van der Waals surface area contributed by atoms with E-state index in [0.717, 1.165) is 30.7 Å². The molecule has 32 heavy (non-hydrogen) atoms. The maximum absolute atomic E-state index is 13.0. The molecule has 1 N–H and O–H groups in total. The number of allylic oxidation sites excluding steroid dienone is 1. The van der Waals surface area contributed by atoms with Gasteiger partial charge in [0.25, 0.3) is 5.91 Å². The molecule has 0 fully saturated rings. The Balaban J connectivity index is 1.96. The van der Waals surface area contributed by atoms with Crippen LogP contribution >= 0.6 is 11.6 Å². The van der Waals surface area contributed by atoms with Crippen LogP contribution in [0.3, 0.4) is 0 Å². The van der Waals surface area contributed by atoms with E-state index in [1.54, 1.807) is 31.3 Å². The highest BCUT2D eigenvalue weighted by Crippen LogP contribution is 2.22. The number of pyridine rings is 1. The molecular formula is C22H28ClN7O2. The SMILES string of the molecule is C=CCn1c(Cl)nc(NC=O)c1C(=O)N(C)CCCCC(C)=NC(=NC)c1ccccn1. The van der Waals surface area contributed by atoms with Crippen LogP contribution in [0.2, 0.25) is 5.28 Å². The molecule has 0 radical (unpaired) electrons. The lowest BCUT2D eigenvalue weighted by molar-refractivity contribution is -0.105. The Labute approximate surface area is 192 Å². The van der Waals surface area contributed by atoms with Gasteiger partial charge in [0.1, 0.15) is 5.69 Å². The van der Waals surface area contributed by atoms with E-state index in [1.165, 1.54) is 4.57 Å². The van der Waals surface area contributed by atoms with Crippen LogP contribution in [-0.4, -0.2) is 63.9 Å². The maximum atomic E-state index is 13.0. The number of imidazole rings is 1. The van der Waals surface area contributed by atoms with Gasteiger partial charge in [-0.3, -0.25) is 19.6 Å². The summed E-state index contributed by atoms with van der Waals surface area (Å²) in [6.07, 6.45) is 6.18. The van der Waals surface area contributed by atoms with E-state index < -0.39 is 0 Å². The first kappa shape index (κ1) is 24.9. The van der Waals surface area contributed by atoms with Gasteiger partial charge in [-0.25, -0.2) is 4.99 Å². The third kappa shape index (κ3) is 6.58. The van der Waals surface area contributed by atoms with Crippen LogP contribution in [0.5, 0.6) is 0 Å². The number of rotatable bonds is 11. The summed E-state index contributed by atoms with van der Waals surface area (Å²) in [7, 11) is 3.40.